The summed E-state index contributed by atoms with van der Waals surface area (Å²) in [6.07, 6.45) is -2.15. The van der Waals surface area contributed by atoms with Gasteiger partial charge in [-0.25, -0.2) is 9.18 Å². The smallest absolute Gasteiger partial charge is 0.407 e. The van der Waals surface area contributed by atoms with Gasteiger partial charge in [-0.05, 0) is 5.56 Å². The minimum Gasteiger partial charge on any atom is -0.445 e. The summed E-state index contributed by atoms with van der Waals surface area (Å²) in [5, 5.41) is 2.24. The van der Waals surface area contributed by atoms with Crippen molar-refractivity contribution in [1.82, 2.24) is 5.32 Å². The Hall–Kier alpha value is -0.710. The van der Waals surface area contributed by atoms with E-state index in [0.717, 1.165) is 0 Å². The zero-order valence-corrected chi connectivity index (χ0v) is 11.5. The van der Waals surface area contributed by atoms with Gasteiger partial charge in [-0.3, -0.25) is 0 Å². The van der Waals surface area contributed by atoms with Crippen molar-refractivity contribution in [2.45, 2.75) is 9.96 Å². The van der Waals surface area contributed by atoms with E-state index in [-0.39, 0.29) is 6.54 Å². The highest BCUT2D eigenvalue weighted by Crippen LogP contribution is 2.25. The fourth-order valence-electron chi connectivity index (χ4n) is 1.15. The van der Waals surface area contributed by atoms with Crippen LogP contribution in [0.1, 0.15) is 11.7 Å². The molecular formula is C11H11Cl3FNO2. The number of alkyl carbamates (subject to hydrolysis) is 1. The van der Waals surface area contributed by atoms with Crippen LogP contribution in [0.2, 0.25) is 0 Å². The SMILES string of the molecule is O=C(NC[C@@H](F)c1ccccc1)OCC(Cl)(Cl)Cl. The first-order chi connectivity index (χ1) is 8.38. The molecule has 0 aromatic heterocycles. The summed E-state index contributed by atoms with van der Waals surface area (Å²) in [4.78, 5) is 11.1. The molecule has 0 saturated carbocycles. The lowest BCUT2D eigenvalue weighted by molar-refractivity contribution is 0.145. The van der Waals surface area contributed by atoms with Crippen molar-refractivity contribution in [3.8, 4) is 0 Å². The predicted octanol–water partition coefficient (Wildman–Crippen LogP) is 3.79. The summed E-state index contributed by atoms with van der Waals surface area (Å²) < 4.78 is 16.5. The highest BCUT2D eigenvalue weighted by atomic mass is 35.6. The van der Waals surface area contributed by atoms with Crippen molar-refractivity contribution >= 4 is 40.9 Å². The van der Waals surface area contributed by atoms with E-state index in [9.17, 15) is 9.18 Å². The van der Waals surface area contributed by atoms with Crippen LogP contribution in [0.3, 0.4) is 0 Å². The number of carbonyl (C=O) groups is 1. The summed E-state index contributed by atoms with van der Waals surface area (Å²) in [6.45, 7) is -0.603. The van der Waals surface area contributed by atoms with Crippen LogP contribution >= 0.6 is 34.8 Å². The molecule has 100 valence electrons. The average molecular weight is 315 g/mol. The summed E-state index contributed by atoms with van der Waals surface area (Å²) in [6, 6.07) is 8.45. The van der Waals surface area contributed by atoms with Crippen molar-refractivity contribution < 1.29 is 13.9 Å². The Bertz CT molecular complexity index is 384. The monoisotopic (exact) mass is 313 g/mol. The lowest BCUT2D eigenvalue weighted by atomic mass is 10.1. The molecule has 0 aliphatic carbocycles. The van der Waals surface area contributed by atoms with Crippen LogP contribution < -0.4 is 5.32 Å². The summed E-state index contributed by atoms with van der Waals surface area (Å²) >= 11 is 16.2. The Balaban J connectivity index is 2.31. The van der Waals surface area contributed by atoms with Crippen molar-refractivity contribution in [3.63, 3.8) is 0 Å². The van der Waals surface area contributed by atoms with Gasteiger partial charge in [0.25, 0.3) is 0 Å². The molecule has 0 saturated heterocycles. The topological polar surface area (TPSA) is 38.3 Å². The van der Waals surface area contributed by atoms with Crippen LogP contribution in [0.25, 0.3) is 0 Å². The molecule has 1 amide bonds. The van der Waals surface area contributed by atoms with Crippen LogP contribution in [-0.4, -0.2) is 23.0 Å². The number of benzene rings is 1. The highest BCUT2D eigenvalue weighted by Gasteiger charge is 2.22. The third kappa shape index (κ3) is 6.28. The molecule has 0 heterocycles. The number of hydrogen-bond acceptors (Lipinski definition) is 2. The number of carbonyl (C=O) groups excluding carboxylic acids is 1. The molecule has 0 unspecified atom stereocenters. The molecule has 1 atom stereocenters. The third-order valence-electron chi connectivity index (χ3n) is 1.95. The van der Waals surface area contributed by atoms with Gasteiger partial charge < -0.3 is 10.1 Å². The van der Waals surface area contributed by atoms with Gasteiger partial charge in [0, 0.05) is 0 Å². The van der Waals surface area contributed by atoms with E-state index >= 15 is 0 Å². The number of rotatable bonds is 4. The van der Waals surface area contributed by atoms with Gasteiger partial charge >= 0.3 is 6.09 Å². The number of alkyl halides is 4. The lowest BCUT2D eigenvalue weighted by Gasteiger charge is -2.13. The number of ether oxygens (including phenoxy) is 1. The first-order valence-corrected chi connectivity index (χ1v) is 6.18. The highest BCUT2D eigenvalue weighted by molar-refractivity contribution is 6.67. The van der Waals surface area contributed by atoms with Gasteiger partial charge in [0.2, 0.25) is 3.79 Å². The molecule has 7 heteroatoms. The minimum atomic E-state index is -1.67. The molecule has 3 nitrogen and oxygen atoms in total. The Morgan fingerprint density at radius 3 is 2.50 bits per heavy atom. The molecule has 0 fully saturated rings. The van der Waals surface area contributed by atoms with E-state index < -0.39 is 22.7 Å². The van der Waals surface area contributed by atoms with Gasteiger partial charge in [0.15, 0.2) is 0 Å². The summed E-state index contributed by atoms with van der Waals surface area (Å²) in [5.74, 6) is 0. The molecule has 0 radical (unpaired) electrons. The summed E-state index contributed by atoms with van der Waals surface area (Å²) in [5.41, 5.74) is 0.471. The molecule has 1 rings (SSSR count). The van der Waals surface area contributed by atoms with Crippen molar-refractivity contribution in [3.05, 3.63) is 35.9 Å². The van der Waals surface area contributed by atoms with Crippen LogP contribution in [0.5, 0.6) is 0 Å². The van der Waals surface area contributed by atoms with Crippen LogP contribution in [0, 0.1) is 0 Å². The lowest BCUT2D eigenvalue weighted by Crippen LogP contribution is -2.30. The Morgan fingerprint density at radius 2 is 1.94 bits per heavy atom. The molecular weight excluding hydrogens is 303 g/mol. The minimum absolute atomic E-state index is 0.206. The average Bonchev–Trinajstić information content (AvgIpc) is 2.33. The number of nitrogens with one attached hydrogen (secondary N) is 1. The second-order valence-electron chi connectivity index (χ2n) is 3.45. The summed E-state index contributed by atoms with van der Waals surface area (Å²) in [7, 11) is 0. The van der Waals surface area contributed by atoms with Gasteiger partial charge in [-0.15, -0.1) is 0 Å². The Kier molecular flexibility index (Phi) is 5.99. The molecule has 0 spiro atoms. The molecule has 1 aromatic carbocycles. The Labute approximate surface area is 119 Å². The van der Waals surface area contributed by atoms with Gasteiger partial charge in [0.1, 0.15) is 12.8 Å². The molecule has 0 aliphatic rings. The van der Waals surface area contributed by atoms with Crippen molar-refractivity contribution in [1.29, 1.82) is 0 Å². The van der Waals surface area contributed by atoms with E-state index in [0.29, 0.717) is 5.56 Å². The van der Waals surface area contributed by atoms with Crippen molar-refractivity contribution in [2.24, 2.45) is 0 Å². The Morgan fingerprint density at radius 1 is 1.33 bits per heavy atom. The second kappa shape index (κ2) is 7.02. The zero-order chi connectivity index (χ0) is 13.6. The number of halogens is 4. The van der Waals surface area contributed by atoms with E-state index in [1.807, 2.05) is 0 Å². The normalized spacial score (nSPS) is 12.9. The standard InChI is InChI=1S/C11H11Cl3FNO2/c12-11(13,14)7-18-10(17)16-6-9(15)8-4-2-1-3-5-8/h1-5,9H,6-7H2,(H,16,17)/t9-/m1/s1. The molecule has 1 N–H and O–H groups in total. The van der Waals surface area contributed by atoms with Crippen molar-refractivity contribution in [2.75, 3.05) is 13.2 Å². The van der Waals surface area contributed by atoms with Crippen LogP contribution in [-0.2, 0) is 4.74 Å². The fourth-order valence-corrected chi connectivity index (χ4v) is 1.31. The van der Waals surface area contributed by atoms with E-state index in [4.69, 9.17) is 34.8 Å². The predicted molar refractivity (Wildman–Crippen MR) is 69.9 cm³/mol. The van der Waals surface area contributed by atoms with Crippen LogP contribution in [0.15, 0.2) is 30.3 Å². The third-order valence-corrected chi connectivity index (χ3v) is 2.28. The molecule has 1 aromatic rings. The zero-order valence-electron chi connectivity index (χ0n) is 9.21. The first kappa shape index (κ1) is 15.3. The molecule has 0 bridgehead atoms. The van der Waals surface area contributed by atoms with Gasteiger partial charge in [-0.2, -0.15) is 0 Å². The van der Waals surface area contributed by atoms with Gasteiger partial charge in [0.05, 0.1) is 6.54 Å². The van der Waals surface area contributed by atoms with Crippen LogP contribution in [0.4, 0.5) is 9.18 Å². The van der Waals surface area contributed by atoms with Gasteiger partial charge in [-0.1, -0.05) is 65.1 Å². The quantitative estimate of drug-likeness (QED) is 0.859. The molecule has 18 heavy (non-hydrogen) atoms. The maximum absolute atomic E-state index is 13.6. The second-order valence-corrected chi connectivity index (χ2v) is 5.97. The molecule has 0 aliphatic heterocycles. The van der Waals surface area contributed by atoms with E-state index in [1.54, 1.807) is 30.3 Å². The fraction of sp³-hybridized carbons (Fsp3) is 0.364. The largest absolute Gasteiger partial charge is 0.445 e. The number of hydrogen-bond donors (Lipinski definition) is 1. The van der Waals surface area contributed by atoms with E-state index in [2.05, 4.69) is 10.1 Å². The number of amides is 1. The maximum atomic E-state index is 13.6. The first-order valence-electron chi connectivity index (χ1n) is 5.05. The van der Waals surface area contributed by atoms with E-state index in [1.165, 1.54) is 0 Å². The maximum Gasteiger partial charge on any atom is 0.407 e.